The van der Waals surface area contributed by atoms with Crippen LogP contribution in [0.25, 0.3) is 0 Å². The molecule has 4 heteroatoms. The van der Waals surface area contributed by atoms with E-state index in [9.17, 15) is 4.79 Å². The molecule has 1 aliphatic heterocycles. The lowest BCUT2D eigenvalue weighted by atomic mass is 10.1. The fourth-order valence-corrected chi connectivity index (χ4v) is 2.40. The van der Waals surface area contributed by atoms with Crippen molar-refractivity contribution in [2.75, 3.05) is 19.7 Å². The molecule has 19 heavy (non-hydrogen) atoms. The van der Waals surface area contributed by atoms with E-state index in [1.165, 1.54) is 19.3 Å². The van der Waals surface area contributed by atoms with E-state index in [2.05, 4.69) is 24.5 Å². The van der Waals surface area contributed by atoms with Crippen LogP contribution >= 0.6 is 0 Å². The molecule has 112 valence electrons. The summed E-state index contributed by atoms with van der Waals surface area (Å²) in [5.41, 5.74) is 0. The van der Waals surface area contributed by atoms with Crippen LogP contribution in [-0.4, -0.2) is 37.7 Å². The Hall–Kier alpha value is -0.610. The number of amides is 1. The van der Waals surface area contributed by atoms with Gasteiger partial charge >= 0.3 is 0 Å². The summed E-state index contributed by atoms with van der Waals surface area (Å²) >= 11 is 0. The van der Waals surface area contributed by atoms with Crippen LogP contribution in [0.2, 0.25) is 0 Å². The highest BCUT2D eigenvalue weighted by atomic mass is 16.5. The molecule has 4 nitrogen and oxygen atoms in total. The predicted octanol–water partition coefficient (Wildman–Crippen LogP) is 2.23. The highest BCUT2D eigenvalue weighted by Crippen LogP contribution is 2.07. The topological polar surface area (TPSA) is 50.4 Å². The summed E-state index contributed by atoms with van der Waals surface area (Å²) in [7, 11) is 0. The van der Waals surface area contributed by atoms with Crippen molar-refractivity contribution in [3.05, 3.63) is 0 Å². The first-order valence-corrected chi connectivity index (χ1v) is 7.84. The van der Waals surface area contributed by atoms with E-state index in [1.54, 1.807) is 0 Å². The van der Waals surface area contributed by atoms with Crippen molar-refractivity contribution in [2.45, 2.75) is 70.9 Å². The van der Waals surface area contributed by atoms with Crippen LogP contribution in [0.3, 0.4) is 0 Å². The van der Waals surface area contributed by atoms with E-state index in [-0.39, 0.29) is 11.9 Å². The van der Waals surface area contributed by atoms with Crippen molar-refractivity contribution in [2.24, 2.45) is 0 Å². The van der Waals surface area contributed by atoms with Crippen molar-refractivity contribution < 1.29 is 9.53 Å². The van der Waals surface area contributed by atoms with Gasteiger partial charge in [0.1, 0.15) is 0 Å². The Labute approximate surface area is 117 Å². The van der Waals surface area contributed by atoms with Gasteiger partial charge in [0.25, 0.3) is 0 Å². The molecular weight excluding hydrogens is 240 g/mol. The first kappa shape index (κ1) is 16.4. The number of piperidine rings is 1. The molecular formula is C15H30N2O2. The molecule has 0 aromatic heterocycles. The second-order valence-electron chi connectivity index (χ2n) is 5.53. The summed E-state index contributed by atoms with van der Waals surface area (Å²) in [5, 5.41) is 6.35. The molecule has 1 saturated heterocycles. The lowest BCUT2D eigenvalue weighted by molar-refractivity contribution is -0.123. The molecule has 2 N–H and O–H groups in total. The fourth-order valence-electron chi connectivity index (χ4n) is 2.40. The number of carbonyl (C=O) groups excluding carboxylic acids is 1. The van der Waals surface area contributed by atoms with Gasteiger partial charge in [0.05, 0.1) is 12.7 Å². The molecule has 0 aromatic rings. The summed E-state index contributed by atoms with van der Waals surface area (Å²) in [6.07, 6.45) is 7.71. The van der Waals surface area contributed by atoms with E-state index in [0.29, 0.717) is 19.1 Å². The normalized spacial score (nSPS) is 18.2. The second kappa shape index (κ2) is 10.2. The van der Waals surface area contributed by atoms with Gasteiger partial charge in [-0.3, -0.25) is 4.79 Å². The summed E-state index contributed by atoms with van der Waals surface area (Å²) in [5.74, 6) is 0.123. The van der Waals surface area contributed by atoms with E-state index in [1.807, 2.05) is 0 Å². The molecule has 1 rings (SSSR count). The van der Waals surface area contributed by atoms with Gasteiger partial charge in [-0.2, -0.15) is 0 Å². The number of nitrogens with one attached hydrogen (secondary N) is 2. The van der Waals surface area contributed by atoms with Gasteiger partial charge in [0.15, 0.2) is 0 Å². The summed E-state index contributed by atoms with van der Waals surface area (Å²) in [6.45, 7) is 6.90. The summed E-state index contributed by atoms with van der Waals surface area (Å²) in [4.78, 5) is 11.7. The Balaban J connectivity index is 2.00. The first-order chi connectivity index (χ1) is 9.22. The SMILES string of the molecule is CCCCCC(C)NC(=O)CCOC1CCNCC1. The van der Waals surface area contributed by atoms with Crippen molar-refractivity contribution in [1.29, 1.82) is 0 Å². The number of rotatable bonds is 9. The van der Waals surface area contributed by atoms with E-state index >= 15 is 0 Å². The van der Waals surface area contributed by atoms with Crippen molar-refractivity contribution >= 4 is 5.91 Å². The molecule has 1 amide bonds. The molecule has 0 aliphatic carbocycles. The molecule has 0 bridgehead atoms. The molecule has 1 fully saturated rings. The lowest BCUT2D eigenvalue weighted by Crippen LogP contribution is -2.35. The average Bonchev–Trinajstić information content (AvgIpc) is 2.40. The van der Waals surface area contributed by atoms with Crippen LogP contribution in [-0.2, 0) is 9.53 Å². The van der Waals surface area contributed by atoms with E-state index < -0.39 is 0 Å². The van der Waals surface area contributed by atoms with Crippen LogP contribution in [0.15, 0.2) is 0 Å². The third kappa shape index (κ3) is 8.22. The second-order valence-corrected chi connectivity index (χ2v) is 5.53. The first-order valence-electron chi connectivity index (χ1n) is 7.84. The molecule has 0 radical (unpaired) electrons. The zero-order valence-corrected chi connectivity index (χ0v) is 12.5. The van der Waals surface area contributed by atoms with Crippen molar-refractivity contribution in [1.82, 2.24) is 10.6 Å². The molecule has 0 spiro atoms. The van der Waals surface area contributed by atoms with Crippen LogP contribution in [0.4, 0.5) is 0 Å². The van der Waals surface area contributed by atoms with Crippen LogP contribution in [0.1, 0.15) is 58.8 Å². The van der Waals surface area contributed by atoms with Gasteiger partial charge in [0.2, 0.25) is 5.91 Å². The van der Waals surface area contributed by atoms with Gasteiger partial charge in [0, 0.05) is 12.5 Å². The zero-order chi connectivity index (χ0) is 13.9. The van der Waals surface area contributed by atoms with Crippen LogP contribution in [0.5, 0.6) is 0 Å². The Bertz CT molecular complexity index is 240. The van der Waals surface area contributed by atoms with Gasteiger partial charge in [-0.1, -0.05) is 26.2 Å². The molecule has 1 aliphatic rings. The smallest absolute Gasteiger partial charge is 0.222 e. The lowest BCUT2D eigenvalue weighted by Gasteiger charge is -2.23. The molecule has 1 atom stereocenters. The fraction of sp³-hybridized carbons (Fsp3) is 0.933. The maximum atomic E-state index is 11.7. The van der Waals surface area contributed by atoms with Gasteiger partial charge in [-0.25, -0.2) is 0 Å². The van der Waals surface area contributed by atoms with E-state index in [4.69, 9.17) is 4.74 Å². The minimum atomic E-state index is 0.123. The third-order valence-electron chi connectivity index (χ3n) is 3.62. The van der Waals surface area contributed by atoms with Crippen molar-refractivity contribution in [3.63, 3.8) is 0 Å². The maximum absolute atomic E-state index is 11.7. The average molecular weight is 270 g/mol. The molecule has 0 aromatic carbocycles. The van der Waals surface area contributed by atoms with Gasteiger partial charge in [-0.05, 0) is 39.3 Å². The molecule has 1 heterocycles. The number of ether oxygens (including phenoxy) is 1. The molecule has 1 unspecified atom stereocenters. The summed E-state index contributed by atoms with van der Waals surface area (Å²) in [6, 6.07) is 0.290. The van der Waals surface area contributed by atoms with Gasteiger partial charge < -0.3 is 15.4 Å². The van der Waals surface area contributed by atoms with Crippen molar-refractivity contribution in [3.8, 4) is 0 Å². The number of carbonyl (C=O) groups is 1. The number of hydrogen-bond acceptors (Lipinski definition) is 3. The maximum Gasteiger partial charge on any atom is 0.222 e. The highest BCUT2D eigenvalue weighted by Gasteiger charge is 2.14. The largest absolute Gasteiger partial charge is 0.378 e. The standard InChI is InChI=1S/C15H30N2O2/c1-3-4-5-6-13(2)17-15(18)9-12-19-14-7-10-16-11-8-14/h13-14,16H,3-12H2,1-2H3,(H,17,18). The van der Waals surface area contributed by atoms with Gasteiger partial charge in [-0.15, -0.1) is 0 Å². The quantitative estimate of drug-likeness (QED) is 0.632. The Morgan fingerprint density at radius 2 is 2.11 bits per heavy atom. The Morgan fingerprint density at radius 3 is 2.79 bits per heavy atom. The third-order valence-corrected chi connectivity index (χ3v) is 3.62. The van der Waals surface area contributed by atoms with E-state index in [0.717, 1.165) is 32.4 Å². The molecule has 0 saturated carbocycles. The number of hydrogen-bond donors (Lipinski definition) is 2. The summed E-state index contributed by atoms with van der Waals surface area (Å²) < 4.78 is 5.73. The number of unbranched alkanes of at least 4 members (excludes halogenated alkanes) is 2. The van der Waals surface area contributed by atoms with Crippen LogP contribution < -0.4 is 10.6 Å². The minimum Gasteiger partial charge on any atom is -0.378 e. The monoisotopic (exact) mass is 270 g/mol. The Morgan fingerprint density at radius 1 is 1.37 bits per heavy atom. The van der Waals surface area contributed by atoms with Crippen LogP contribution in [0, 0.1) is 0 Å². The minimum absolute atomic E-state index is 0.123. The zero-order valence-electron chi connectivity index (χ0n) is 12.5. The predicted molar refractivity (Wildman–Crippen MR) is 78.2 cm³/mol. The highest BCUT2D eigenvalue weighted by molar-refractivity contribution is 5.76. The Kier molecular flexibility index (Phi) is 8.84.